The van der Waals surface area contributed by atoms with Crippen LogP contribution < -0.4 is 15.8 Å². The molecule has 0 bridgehead atoms. The number of β-amino-alcohol motifs (C(OH)–C–C–N with tert-alkyl or cyclic N) is 1. The van der Waals surface area contributed by atoms with Gasteiger partial charge in [-0.1, -0.05) is 12.1 Å². The number of aliphatic hydroxyl groups is 1. The Hall–Kier alpha value is -2.83. The van der Waals surface area contributed by atoms with E-state index >= 15 is 0 Å². The summed E-state index contributed by atoms with van der Waals surface area (Å²) in [5, 5.41) is 20.8. The topological polar surface area (TPSA) is 137 Å². The lowest BCUT2D eigenvalue weighted by Crippen LogP contribution is -2.47. The minimum atomic E-state index is -0.567. The molecule has 29 heavy (non-hydrogen) atoms. The second kappa shape index (κ2) is 9.58. The second-order valence-electron chi connectivity index (χ2n) is 6.26. The number of nitrogens with one attached hydrogen (secondary N) is 2. The quantitative estimate of drug-likeness (QED) is 0.404. The molecule has 0 unspecified atom stereocenters. The Balaban J connectivity index is 1.76. The number of benzene rings is 1. The van der Waals surface area contributed by atoms with Crippen molar-refractivity contribution in [1.29, 1.82) is 0 Å². The summed E-state index contributed by atoms with van der Waals surface area (Å²) in [5.74, 6) is -0.381. The molecular formula is C17H20BrN7O4. The van der Waals surface area contributed by atoms with Crippen LogP contribution in [0.4, 0.5) is 17.3 Å². The first-order valence-corrected chi connectivity index (χ1v) is 9.69. The smallest absolute Gasteiger partial charge is 0.355 e. The number of halogens is 1. The molecule has 1 aliphatic heterocycles. The van der Waals surface area contributed by atoms with Gasteiger partial charge in [-0.2, -0.15) is 0 Å². The third-order valence-corrected chi connectivity index (χ3v) is 5.18. The van der Waals surface area contributed by atoms with Crippen LogP contribution in [0.2, 0.25) is 0 Å². The van der Waals surface area contributed by atoms with E-state index in [0.717, 1.165) is 0 Å². The summed E-state index contributed by atoms with van der Waals surface area (Å²) in [6.07, 6.45) is 1.22. The van der Waals surface area contributed by atoms with Crippen molar-refractivity contribution in [2.45, 2.75) is 0 Å². The zero-order valence-corrected chi connectivity index (χ0v) is 17.0. The van der Waals surface area contributed by atoms with Crippen LogP contribution >= 0.6 is 15.9 Å². The van der Waals surface area contributed by atoms with E-state index in [1.807, 2.05) is 0 Å². The highest BCUT2D eigenvalue weighted by atomic mass is 79.9. The van der Waals surface area contributed by atoms with Gasteiger partial charge in [0.25, 0.3) is 5.91 Å². The van der Waals surface area contributed by atoms with Crippen molar-refractivity contribution in [2.24, 2.45) is 0 Å². The van der Waals surface area contributed by atoms with Gasteiger partial charge in [0, 0.05) is 37.2 Å². The van der Waals surface area contributed by atoms with Crippen molar-refractivity contribution in [1.82, 2.24) is 20.3 Å². The molecule has 2 aromatic rings. The first kappa shape index (κ1) is 20.9. The number of hydrogen-bond donors (Lipinski definition) is 3. The minimum absolute atomic E-state index is 0.0684. The largest absolute Gasteiger partial charge is 0.395 e. The highest BCUT2D eigenvalue weighted by Gasteiger charge is 2.29. The Labute approximate surface area is 175 Å². The third kappa shape index (κ3) is 4.96. The highest BCUT2D eigenvalue weighted by Crippen LogP contribution is 2.32. The predicted octanol–water partition coefficient (Wildman–Crippen LogP) is 1.02. The van der Waals surface area contributed by atoms with E-state index in [4.69, 9.17) is 5.11 Å². The molecule has 1 fully saturated rings. The summed E-state index contributed by atoms with van der Waals surface area (Å²) in [5.41, 5.74) is 5.04. The van der Waals surface area contributed by atoms with E-state index in [-0.39, 0.29) is 23.9 Å². The number of nitro groups is 1. The monoisotopic (exact) mass is 465 g/mol. The second-order valence-corrected chi connectivity index (χ2v) is 7.12. The number of carbonyl (C=O) groups is 1. The van der Waals surface area contributed by atoms with Crippen LogP contribution in [-0.2, 0) is 0 Å². The molecule has 0 saturated carbocycles. The highest BCUT2D eigenvalue weighted by molar-refractivity contribution is 9.10. The Morgan fingerprint density at radius 3 is 2.62 bits per heavy atom. The maximum atomic E-state index is 12.4. The van der Waals surface area contributed by atoms with Crippen molar-refractivity contribution in [3.63, 3.8) is 0 Å². The summed E-state index contributed by atoms with van der Waals surface area (Å²) in [4.78, 5) is 35.4. The van der Waals surface area contributed by atoms with Gasteiger partial charge < -0.3 is 10.0 Å². The molecule has 11 nitrogen and oxygen atoms in total. The third-order valence-electron chi connectivity index (χ3n) is 4.49. The number of amides is 1. The average molecular weight is 466 g/mol. The van der Waals surface area contributed by atoms with Crippen molar-refractivity contribution in [3.8, 4) is 0 Å². The zero-order valence-electron chi connectivity index (χ0n) is 15.4. The Bertz CT molecular complexity index is 890. The summed E-state index contributed by atoms with van der Waals surface area (Å²) in [6.45, 7) is 3.00. The van der Waals surface area contributed by atoms with Gasteiger partial charge in [-0.15, -0.1) is 0 Å². The molecule has 3 N–H and O–H groups in total. The van der Waals surface area contributed by atoms with Crippen LogP contribution in [0.25, 0.3) is 0 Å². The summed E-state index contributed by atoms with van der Waals surface area (Å²) in [7, 11) is 0. The van der Waals surface area contributed by atoms with Gasteiger partial charge in [0.05, 0.1) is 17.1 Å². The summed E-state index contributed by atoms with van der Waals surface area (Å²) < 4.78 is 0.595. The number of nitrogens with zero attached hydrogens (tertiary/aromatic N) is 5. The fourth-order valence-electron chi connectivity index (χ4n) is 3.01. The predicted molar refractivity (Wildman–Crippen MR) is 110 cm³/mol. The fraction of sp³-hybridized carbons (Fsp3) is 0.353. The molecular weight excluding hydrogens is 446 g/mol. The molecule has 2 heterocycles. The van der Waals surface area contributed by atoms with Crippen molar-refractivity contribution < 1.29 is 14.8 Å². The summed E-state index contributed by atoms with van der Waals surface area (Å²) in [6, 6.07) is 6.82. The average Bonchev–Trinajstić information content (AvgIpc) is 2.72. The number of aromatic nitrogens is 2. The number of carbonyl (C=O) groups excluding carboxylic acids is 1. The molecule has 1 aromatic heterocycles. The number of anilines is 2. The van der Waals surface area contributed by atoms with Crippen LogP contribution in [0.1, 0.15) is 10.4 Å². The summed E-state index contributed by atoms with van der Waals surface area (Å²) >= 11 is 3.29. The van der Waals surface area contributed by atoms with Crippen LogP contribution in [0.15, 0.2) is 35.1 Å². The van der Waals surface area contributed by atoms with Crippen molar-refractivity contribution in [3.05, 3.63) is 50.7 Å². The van der Waals surface area contributed by atoms with Gasteiger partial charge >= 0.3 is 5.69 Å². The van der Waals surface area contributed by atoms with Gasteiger partial charge in [-0.3, -0.25) is 30.7 Å². The zero-order chi connectivity index (χ0) is 20.8. The first-order valence-electron chi connectivity index (χ1n) is 8.89. The fourth-order valence-corrected chi connectivity index (χ4v) is 3.48. The van der Waals surface area contributed by atoms with Crippen molar-refractivity contribution in [2.75, 3.05) is 49.7 Å². The number of piperazine rings is 1. The molecule has 154 valence electrons. The SMILES string of the molecule is O=C(NNc1ncnc(N2CCN(CCO)CC2)c1[N+](=O)[O-])c1ccccc1Br. The molecule has 0 atom stereocenters. The molecule has 0 spiro atoms. The Morgan fingerprint density at radius 2 is 1.97 bits per heavy atom. The van der Waals surface area contributed by atoms with Crippen LogP contribution in [0.3, 0.4) is 0 Å². The first-order chi connectivity index (χ1) is 14.0. The van der Waals surface area contributed by atoms with Crippen LogP contribution in [0, 0.1) is 10.1 Å². The minimum Gasteiger partial charge on any atom is -0.395 e. The molecule has 0 aliphatic carbocycles. The number of rotatable bonds is 7. The maximum absolute atomic E-state index is 12.4. The molecule has 0 radical (unpaired) electrons. The van der Waals surface area contributed by atoms with E-state index in [2.05, 4.69) is 41.6 Å². The normalized spacial score (nSPS) is 14.5. The molecule has 12 heteroatoms. The van der Waals surface area contributed by atoms with Gasteiger partial charge in [0.2, 0.25) is 11.6 Å². The number of hydrogen-bond acceptors (Lipinski definition) is 9. The lowest BCUT2D eigenvalue weighted by atomic mass is 10.2. The van der Waals surface area contributed by atoms with Gasteiger partial charge in [-0.05, 0) is 28.1 Å². The molecule has 1 amide bonds. The van der Waals surface area contributed by atoms with E-state index in [0.29, 0.717) is 42.8 Å². The standard InChI is InChI=1S/C17H20BrN7O4/c18-13-4-2-1-3-12(13)17(27)22-21-15-14(25(28)29)16(20-11-19-15)24-7-5-23(6-8-24)9-10-26/h1-4,11,26H,5-10H2,(H,22,27)(H,19,20,21). The molecule has 1 aromatic carbocycles. The molecule has 3 rings (SSSR count). The van der Waals surface area contributed by atoms with Gasteiger partial charge in [-0.25, -0.2) is 9.97 Å². The van der Waals surface area contributed by atoms with E-state index < -0.39 is 10.8 Å². The van der Waals surface area contributed by atoms with Gasteiger partial charge in [0.15, 0.2) is 0 Å². The Morgan fingerprint density at radius 1 is 1.24 bits per heavy atom. The van der Waals surface area contributed by atoms with E-state index in [1.165, 1.54) is 6.33 Å². The van der Waals surface area contributed by atoms with Crippen molar-refractivity contribution >= 4 is 39.2 Å². The number of hydrazine groups is 1. The van der Waals surface area contributed by atoms with E-state index in [1.54, 1.807) is 29.2 Å². The van der Waals surface area contributed by atoms with Gasteiger partial charge in [0.1, 0.15) is 6.33 Å². The number of aliphatic hydroxyl groups excluding tert-OH is 1. The van der Waals surface area contributed by atoms with Crippen LogP contribution in [-0.4, -0.2) is 70.1 Å². The maximum Gasteiger partial charge on any atom is 0.355 e. The lowest BCUT2D eigenvalue weighted by Gasteiger charge is -2.34. The molecule has 1 saturated heterocycles. The van der Waals surface area contributed by atoms with E-state index in [9.17, 15) is 14.9 Å². The van der Waals surface area contributed by atoms with Crippen LogP contribution in [0.5, 0.6) is 0 Å². The Kier molecular flexibility index (Phi) is 6.90. The lowest BCUT2D eigenvalue weighted by molar-refractivity contribution is -0.383. The molecule has 1 aliphatic rings.